The van der Waals surface area contributed by atoms with E-state index in [0.29, 0.717) is 18.5 Å². The number of nitrogens with one attached hydrogen (secondary N) is 1. The molecule has 0 bridgehead atoms. The van der Waals surface area contributed by atoms with Crippen molar-refractivity contribution < 1.29 is 4.79 Å². The van der Waals surface area contributed by atoms with Gasteiger partial charge in [-0.15, -0.1) is 11.3 Å². The van der Waals surface area contributed by atoms with E-state index < -0.39 is 0 Å². The number of hydrogen-bond donors (Lipinski definition) is 1. The quantitative estimate of drug-likeness (QED) is 0.891. The molecule has 5 heteroatoms. The molecule has 1 saturated carbocycles. The van der Waals surface area contributed by atoms with Crippen LogP contribution in [0, 0.1) is 5.92 Å². The largest absolute Gasteiger partial charge is 0.331 e. The molecule has 1 heterocycles. The van der Waals surface area contributed by atoms with Crippen molar-refractivity contribution >= 4 is 17.4 Å². The number of rotatable bonds is 5. The number of nitrogens with zero attached hydrogens (tertiary/aromatic N) is 2. The Labute approximate surface area is 112 Å². The van der Waals surface area contributed by atoms with Crippen LogP contribution >= 0.6 is 11.3 Å². The van der Waals surface area contributed by atoms with Crippen LogP contribution in [0.15, 0.2) is 6.20 Å². The first-order chi connectivity index (χ1) is 8.61. The minimum Gasteiger partial charge on any atom is -0.331 e. The Bertz CT molecular complexity index is 414. The minimum atomic E-state index is 0.00245. The van der Waals surface area contributed by atoms with E-state index in [-0.39, 0.29) is 6.03 Å². The summed E-state index contributed by atoms with van der Waals surface area (Å²) in [7, 11) is 1.87. The van der Waals surface area contributed by atoms with Crippen molar-refractivity contribution in [3.63, 3.8) is 0 Å². The molecule has 0 radical (unpaired) electrons. The molecule has 2 rings (SSSR count). The van der Waals surface area contributed by atoms with E-state index in [4.69, 9.17) is 0 Å². The molecule has 4 nitrogen and oxygen atoms in total. The third-order valence-corrected chi connectivity index (χ3v) is 4.72. The normalized spacial score (nSPS) is 16.4. The van der Waals surface area contributed by atoms with E-state index in [2.05, 4.69) is 24.1 Å². The van der Waals surface area contributed by atoms with Crippen LogP contribution in [0.2, 0.25) is 0 Å². The van der Waals surface area contributed by atoms with Gasteiger partial charge in [-0.3, -0.25) is 0 Å². The summed E-state index contributed by atoms with van der Waals surface area (Å²) in [6.45, 7) is 4.77. The maximum atomic E-state index is 12.0. The molecule has 1 aromatic rings. The number of carbonyl (C=O) groups is 1. The lowest BCUT2D eigenvalue weighted by molar-refractivity contribution is 0.187. The Kier molecular flexibility index (Phi) is 4.22. The summed E-state index contributed by atoms with van der Waals surface area (Å²) in [4.78, 5) is 19.3. The lowest BCUT2D eigenvalue weighted by Crippen LogP contribution is -2.42. The average Bonchev–Trinajstić information content (AvgIpc) is 3.13. The fourth-order valence-electron chi connectivity index (χ4n) is 1.95. The van der Waals surface area contributed by atoms with Gasteiger partial charge in [0.15, 0.2) is 0 Å². The second-order valence-electron chi connectivity index (χ2n) is 4.92. The molecule has 1 N–H and O–H groups in total. The van der Waals surface area contributed by atoms with Crippen LogP contribution < -0.4 is 5.32 Å². The molecular formula is C13H21N3OS. The van der Waals surface area contributed by atoms with E-state index in [9.17, 15) is 4.79 Å². The highest BCUT2D eigenvalue weighted by molar-refractivity contribution is 7.11. The van der Waals surface area contributed by atoms with Crippen LogP contribution in [0.3, 0.4) is 0 Å². The van der Waals surface area contributed by atoms with Crippen LogP contribution in [0.25, 0.3) is 0 Å². The second kappa shape index (κ2) is 5.69. The van der Waals surface area contributed by atoms with Gasteiger partial charge in [-0.1, -0.05) is 6.92 Å². The highest BCUT2D eigenvalue weighted by atomic mass is 32.1. The molecule has 0 spiro atoms. The standard InChI is InChI=1S/C13H21N3OS/c1-4-11-7-14-12(18-11)8-15-13(17)16(3)9(2)10-5-6-10/h7,9-10H,4-6,8H2,1-3H3,(H,15,17)/t9-/m0/s1. The summed E-state index contributed by atoms with van der Waals surface area (Å²) in [5.74, 6) is 0.701. The van der Waals surface area contributed by atoms with E-state index in [1.54, 1.807) is 11.3 Å². The van der Waals surface area contributed by atoms with Crippen molar-refractivity contribution in [2.75, 3.05) is 7.05 Å². The predicted molar refractivity (Wildman–Crippen MR) is 73.7 cm³/mol. The molecule has 0 saturated heterocycles. The van der Waals surface area contributed by atoms with Crippen molar-refractivity contribution in [2.45, 2.75) is 45.7 Å². The Morgan fingerprint density at radius 3 is 2.94 bits per heavy atom. The zero-order valence-electron chi connectivity index (χ0n) is 11.3. The molecule has 100 valence electrons. The highest BCUT2D eigenvalue weighted by Gasteiger charge is 2.32. The first-order valence-corrected chi connectivity index (χ1v) is 7.37. The molecule has 1 fully saturated rings. The van der Waals surface area contributed by atoms with Crippen molar-refractivity contribution in [3.8, 4) is 0 Å². The number of aromatic nitrogens is 1. The first-order valence-electron chi connectivity index (χ1n) is 6.56. The van der Waals surface area contributed by atoms with E-state index in [1.807, 2.05) is 18.1 Å². The van der Waals surface area contributed by atoms with Crippen LogP contribution in [0.4, 0.5) is 4.79 Å². The molecule has 0 aromatic carbocycles. The molecule has 0 unspecified atom stereocenters. The fourth-order valence-corrected chi connectivity index (χ4v) is 2.75. The number of aryl methyl sites for hydroxylation is 1. The second-order valence-corrected chi connectivity index (χ2v) is 6.12. The van der Waals surface area contributed by atoms with Gasteiger partial charge in [0.25, 0.3) is 0 Å². The number of hydrogen-bond acceptors (Lipinski definition) is 3. The maximum absolute atomic E-state index is 12.0. The van der Waals surface area contributed by atoms with Crippen molar-refractivity contribution in [3.05, 3.63) is 16.1 Å². The van der Waals surface area contributed by atoms with Crippen LogP contribution in [0.5, 0.6) is 0 Å². The van der Waals surface area contributed by atoms with Gasteiger partial charge in [0.05, 0.1) is 6.54 Å². The lowest BCUT2D eigenvalue weighted by Gasteiger charge is -2.24. The summed E-state index contributed by atoms with van der Waals surface area (Å²) < 4.78 is 0. The van der Waals surface area contributed by atoms with Crippen LogP contribution in [0.1, 0.15) is 36.6 Å². The van der Waals surface area contributed by atoms with Gasteiger partial charge in [-0.25, -0.2) is 9.78 Å². The zero-order valence-corrected chi connectivity index (χ0v) is 12.1. The number of thiazole rings is 1. The molecule has 1 atom stereocenters. The van der Waals surface area contributed by atoms with E-state index >= 15 is 0 Å². The highest BCUT2D eigenvalue weighted by Crippen LogP contribution is 2.34. The molecule has 1 aromatic heterocycles. The molecule has 1 aliphatic carbocycles. The molecule has 0 aliphatic heterocycles. The zero-order chi connectivity index (χ0) is 13.1. The third kappa shape index (κ3) is 3.22. The Morgan fingerprint density at radius 1 is 1.67 bits per heavy atom. The van der Waals surface area contributed by atoms with Gasteiger partial charge in [-0.05, 0) is 32.1 Å². The van der Waals surface area contributed by atoms with E-state index in [0.717, 1.165) is 11.4 Å². The summed E-state index contributed by atoms with van der Waals surface area (Å²) >= 11 is 1.67. The minimum absolute atomic E-state index is 0.00245. The Balaban J connectivity index is 1.79. The van der Waals surface area contributed by atoms with Gasteiger partial charge in [0.2, 0.25) is 0 Å². The fraction of sp³-hybridized carbons (Fsp3) is 0.692. The third-order valence-electron chi connectivity index (χ3n) is 3.58. The van der Waals surface area contributed by atoms with E-state index in [1.165, 1.54) is 17.7 Å². The molecule has 1 aliphatic rings. The monoisotopic (exact) mass is 267 g/mol. The molecule has 2 amide bonds. The van der Waals surface area contributed by atoms with Crippen molar-refractivity contribution in [1.29, 1.82) is 0 Å². The van der Waals surface area contributed by atoms with Gasteiger partial charge in [0.1, 0.15) is 5.01 Å². The number of carbonyl (C=O) groups excluding carboxylic acids is 1. The summed E-state index contributed by atoms with van der Waals surface area (Å²) in [5, 5.41) is 3.91. The SMILES string of the molecule is CCc1cnc(CNC(=O)N(C)[C@@H](C)C2CC2)s1. The first kappa shape index (κ1) is 13.3. The summed E-state index contributed by atoms with van der Waals surface area (Å²) in [6.07, 6.45) is 5.41. The van der Waals surface area contributed by atoms with Crippen LogP contribution in [-0.4, -0.2) is 29.0 Å². The van der Waals surface area contributed by atoms with Gasteiger partial charge in [-0.2, -0.15) is 0 Å². The smallest absolute Gasteiger partial charge is 0.317 e. The predicted octanol–water partition coefficient (Wildman–Crippen LogP) is 2.65. The lowest BCUT2D eigenvalue weighted by atomic mass is 10.2. The van der Waals surface area contributed by atoms with Gasteiger partial charge < -0.3 is 10.2 Å². The summed E-state index contributed by atoms with van der Waals surface area (Å²) in [5.41, 5.74) is 0. The van der Waals surface area contributed by atoms with Crippen molar-refractivity contribution in [1.82, 2.24) is 15.2 Å². The topological polar surface area (TPSA) is 45.2 Å². The maximum Gasteiger partial charge on any atom is 0.317 e. The molecule has 18 heavy (non-hydrogen) atoms. The Hall–Kier alpha value is -1.10. The van der Waals surface area contributed by atoms with Crippen molar-refractivity contribution in [2.24, 2.45) is 5.92 Å². The average molecular weight is 267 g/mol. The summed E-state index contributed by atoms with van der Waals surface area (Å²) in [6, 6.07) is 0.343. The number of urea groups is 1. The molecular weight excluding hydrogens is 246 g/mol. The number of amides is 2. The van der Waals surface area contributed by atoms with Crippen LogP contribution in [-0.2, 0) is 13.0 Å². The Morgan fingerprint density at radius 2 is 2.39 bits per heavy atom. The van der Waals surface area contributed by atoms with Gasteiger partial charge in [0, 0.05) is 24.2 Å². The van der Waals surface area contributed by atoms with Gasteiger partial charge >= 0.3 is 6.03 Å².